The average Bonchev–Trinajstić information content (AvgIpc) is 3.47. The Kier molecular flexibility index (Phi) is 9.17. The number of sulfonamides is 1. The molecule has 1 aromatic carbocycles. The first-order chi connectivity index (χ1) is 18.8. The summed E-state index contributed by atoms with van der Waals surface area (Å²) in [7, 11) is -4.12. The lowest BCUT2D eigenvalue weighted by atomic mass is 9.85. The minimum absolute atomic E-state index is 0.0289. The van der Waals surface area contributed by atoms with Crippen LogP contribution in [-0.2, 0) is 24.4 Å². The van der Waals surface area contributed by atoms with Crippen molar-refractivity contribution in [1.82, 2.24) is 25.6 Å². The molecule has 1 aromatic rings. The Morgan fingerprint density at radius 2 is 1.56 bits per heavy atom. The van der Waals surface area contributed by atoms with E-state index in [4.69, 9.17) is 0 Å². The number of hydrogen-bond acceptors (Lipinski definition) is 6. The quantitative estimate of drug-likeness (QED) is 0.364. The Morgan fingerprint density at radius 1 is 0.976 bits per heavy atom. The molecule has 1 saturated carbocycles. The standard InChI is InChI=1S/C29H45N5O6S/c1-18(2)19-16-21(34(17-19)24(36)22(27(3,4)5)30-26(38)32-28(6,7)8)23(35)31-29(14-15-29)25(37)33-41(39,40)20-12-10-9-11-13-20/h9-13,18-19,21-22H,14-17H2,1-8H3,(H,31,35)(H,33,37)(H2,30,32,38)/t19-,21?,22-/m1/s1. The van der Waals surface area contributed by atoms with Crippen molar-refractivity contribution in [2.45, 2.75) is 103 Å². The van der Waals surface area contributed by atoms with Crippen LogP contribution in [0.2, 0.25) is 0 Å². The molecule has 4 N–H and O–H groups in total. The van der Waals surface area contributed by atoms with Gasteiger partial charge in [-0.05, 0) is 69.4 Å². The Hall–Kier alpha value is -3.15. The van der Waals surface area contributed by atoms with Crippen LogP contribution in [0.15, 0.2) is 35.2 Å². The normalized spacial score (nSPS) is 21.1. The molecule has 2 fully saturated rings. The zero-order chi connectivity index (χ0) is 31.0. The van der Waals surface area contributed by atoms with Crippen LogP contribution in [-0.4, -0.2) is 66.8 Å². The first-order valence-electron chi connectivity index (χ1n) is 14.1. The van der Waals surface area contributed by atoms with Crippen LogP contribution in [0.3, 0.4) is 0 Å². The second kappa shape index (κ2) is 11.6. The van der Waals surface area contributed by atoms with Crippen molar-refractivity contribution >= 4 is 33.8 Å². The maximum atomic E-state index is 14.0. The van der Waals surface area contributed by atoms with Crippen molar-refractivity contribution in [3.63, 3.8) is 0 Å². The van der Waals surface area contributed by atoms with E-state index in [1.165, 1.54) is 17.0 Å². The van der Waals surface area contributed by atoms with Gasteiger partial charge in [-0.15, -0.1) is 0 Å². The molecule has 1 aliphatic heterocycles. The summed E-state index contributed by atoms with van der Waals surface area (Å²) in [6.45, 7) is 15.4. The molecule has 11 nitrogen and oxygen atoms in total. The number of rotatable bonds is 8. The highest BCUT2D eigenvalue weighted by atomic mass is 32.2. The van der Waals surface area contributed by atoms with E-state index >= 15 is 0 Å². The molecule has 1 saturated heterocycles. The summed E-state index contributed by atoms with van der Waals surface area (Å²) in [5, 5.41) is 8.39. The van der Waals surface area contributed by atoms with Crippen molar-refractivity contribution in [2.24, 2.45) is 17.3 Å². The van der Waals surface area contributed by atoms with E-state index in [0.717, 1.165) is 0 Å². The average molecular weight is 592 g/mol. The third-order valence-electron chi connectivity index (χ3n) is 7.57. The number of nitrogens with one attached hydrogen (secondary N) is 4. The van der Waals surface area contributed by atoms with Crippen LogP contribution in [0.25, 0.3) is 0 Å². The number of amides is 5. The second-order valence-corrected chi connectivity index (χ2v) is 15.4. The van der Waals surface area contributed by atoms with Crippen LogP contribution in [0.5, 0.6) is 0 Å². The third-order valence-corrected chi connectivity index (χ3v) is 8.91. The smallest absolute Gasteiger partial charge is 0.315 e. The first kappa shape index (κ1) is 32.4. The van der Waals surface area contributed by atoms with E-state index in [0.29, 0.717) is 13.0 Å². The Bertz CT molecular complexity index is 1260. The maximum Gasteiger partial charge on any atom is 0.315 e. The van der Waals surface area contributed by atoms with Gasteiger partial charge in [0.25, 0.3) is 15.9 Å². The fourth-order valence-electron chi connectivity index (χ4n) is 4.90. The summed E-state index contributed by atoms with van der Waals surface area (Å²) >= 11 is 0. The van der Waals surface area contributed by atoms with Crippen molar-refractivity contribution in [3.8, 4) is 0 Å². The van der Waals surface area contributed by atoms with E-state index in [2.05, 4.69) is 20.7 Å². The molecule has 41 heavy (non-hydrogen) atoms. The number of urea groups is 1. The van der Waals surface area contributed by atoms with Gasteiger partial charge in [0.1, 0.15) is 17.6 Å². The van der Waals surface area contributed by atoms with Crippen LogP contribution < -0.4 is 20.7 Å². The summed E-state index contributed by atoms with van der Waals surface area (Å²) in [6.07, 6.45) is 0.949. The lowest BCUT2D eigenvalue weighted by molar-refractivity contribution is -0.142. The van der Waals surface area contributed by atoms with Crippen LogP contribution in [0.4, 0.5) is 4.79 Å². The van der Waals surface area contributed by atoms with E-state index in [1.807, 2.05) is 55.4 Å². The minimum atomic E-state index is -4.12. The molecule has 0 radical (unpaired) electrons. The Balaban J connectivity index is 1.80. The van der Waals surface area contributed by atoms with Gasteiger partial charge in [-0.2, -0.15) is 0 Å². The highest BCUT2D eigenvalue weighted by Crippen LogP contribution is 2.38. The predicted molar refractivity (Wildman–Crippen MR) is 155 cm³/mol. The summed E-state index contributed by atoms with van der Waals surface area (Å²) in [4.78, 5) is 54.9. The second-order valence-electron chi connectivity index (χ2n) is 13.7. The molecular weight excluding hydrogens is 546 g/mol. The topological polar surface area (TPSA) is 154 Å². The molecule has 228 valence electrons. The van der Waals surface area contributed by atoms with E-state index in [9.17, 15) is 27.6 Å². The fourth-order valence-corrected chi connectivity index (χ4v) is 5.97. The van der Waals surface area contributed by atoms with Crippen molar-refractivity contribution in [2.75, 3.05) is 6.54 Å². The summed E-state index contributed by atoms with van der Waals surface area (Å²) in [6, 6.07) is 5.25. The van der Waals surface area contributed by atoms with Crippen LogP contribution >= 0.6 is 0 Å². The highest BCUT2D eigenvalue weighted by Gasteiger charge is 2.54. The van der Waals surface area contributed by atoms with Gasteiger partial charge in [-0.1, -0.05) is 52.8 Å². The van der Waals surface area contributed by atoms with E-state index in [-0.39, 0.29) is 35.5 Å². The van der Waals surface area contributed by atoms with Crippen LogP contribution in [0, 0.1) is 17.3 Å². The number of carbonyl (C=O) groups excluding carboxylic acids is 4. The summed E-state index contributed by atoms with van der Waals surface area (Å²) in [5.41, 5.74) is -2.54. The van der Waals surface area contributed by atoms with Gasteiger partial charge in [-0.3, -0.25) is 14.4 Å². The van der Waals surface area contributed by atoms with Crippen molar-refractivity contribution in [1.29, 1.82) is 0 Å². The van der Waals surface area contributed by atoms with Crippen molar-refractivity contribution in [3.05, 3.63) is 30.3 Å². The number of likely N-dealkylation sites (tertiary alicyclic amines) is 1. The monoisotopic (exact) mass is 591 g/mol. The molecule has 1 unspecified atom stereocenters. The van der Waals surface area contributed by atoms with Gasteiger partial charge in [0.05, 0.1) is 4.90 Å². The van der Waals surface area contributed by atoms with Gasteiger partial charge in [0.2, 0.25) is 11.8 Å². The number of benzene rings is 1. The Morgan fingerprint density at radius 3 is 2.05 bits per heavy atom. The molecule has 0 aromatic heterocycles. The molecule has 0 bridgehead atoms. The number of nitrogens with zero attached hydrogens (tertiary/aromatic N) is 1. The molecule has 3 atom stereocenters. The van der Waals surface area contributed by atoms with Gasteiger partial charge < -0.3 is 20.9 Å². The van der Waals surface area contributed by atoms with Gasteiger partial charge in [-0.25, -0.2) is 17.9 Å². The van der Waals surface area contributed by atoms with E-state index in [1.54, 1.807) is 18.2 Å². The lowest BCUT2D eigenvalue weighted by Crippen LogP contribution is -2.61. The largest absolute Gasteiger partial charge is 0.340 e. The van der Waals surface area contributed by atoms with Crippen LogP contribution in [0.1, 0.15) is 74.7 Å². The third kappa shape index (κ3) is 7.99. The van der Waals surface area contributed by atoms with Gasteiger partial charge in [0.15, 0.2) is 0 Å². The summed E-state index contributed by atoms with van der Waals surface area (Å²) < 4.78 is 27.5. The minimum Gasteiger partial charge on any atom is -0.340 e. The first-order valence-corrected chi connectivity index (χ1v) is 15.6. The summed E-state index contributed by atoms with van der Waals surface area (Å²) in [5.74, 6) is -1.49. The lowest BCUT2D eigenvalue weighted by Gasteiger charge is -2.36. The molecular formula is C29H45N5O6S. The zero-order valence-electron chi connectivity index (χ0n) is 25.3. The number of carbonyl (C=O) groups is 4. The molecule has 5 amide bonds. The predicted octanol–water partition coefficient (Wildman–Crippen LogP) is 2.53. The molecule has 2 aliphatic rings. The molecule has 1 heterocycles. The van der Waals surface area contributed by atoms with Gasteiger partial charge in [0, 0.05) is 12.1 Å². The Labute approximate surface area is 243 Å². The van der Waals surface area contributed by atoms with Gasteiger partial charge >= 0.3 is 6.03 Å². The maximum absolute atomic E-state index is 14.0. The van der Waals surface area contributed by atoms with E-state index < -0.39 is 56.4 Å². The molecule has 12 heteroatoms. The molecule has 1 aliphatic carbocycles. The SMILES string of the molecule is CC(C)[C@@H]1CC(C(=O)NC2(C(=O)NS(=O)(=O)c3ccccc3)CC2)N(C(=O)[C@@H](NC(=O)NC(C)(C)C)C(C)(C)C)C1. The highest BCUT2D eigenvalue weighted by molar-refractivity contribution is 7.90. The number of hydrogen-bond donors (Lipinski definition) is 4. The van der Waals surface area contributed by atoms with Crippen molar-refractivity contribution < 1.29 is 27.6 Å². The molecule has 3 rings (SSSR count). The molecule has 0 spiro atoms. The zero-order valence-corrected chi connectivity index (χ0v) is 26.1. The fraction of sp³-hybridized carbons (Fsp3) is 0.655.